The van der Waals surface area contributed by atoms with Gasteiger partial charge in [0.15, 0.2) is 0 Å². The van der Waals surface area contributed by atoms with Gasteiger partial charge in [-0.25, -0.2) is 5.48 Å². The molecule has 1 aliphatic carbocycles. The van der Waals surface area contributed by atoms with Crippen LogP contribution in [0.5, 0.6) is 0 Å². The lowest BCUT2D eigenvalue weighted by Crippen LogP contribution is -2.45. The van der Waals surface area contributed by atoms with Crippen LogP contribution in [-0.2, 0) is 19.2 Å². The highest BCUT2D eigenvalue weighted by molar-refractivity contribution is 5.91. The number of carboxylic acids is 1. The lowest BCUT2D eigenvalue weighted by Gasteiger charge is -2.17. The molecule has 1 heterocycles. The lowest BCUT2D eigenvalue weighted by atomic mass is 9.95. The van der Waals surface area contributed by atoms with Crippen molar-refractivity contribution in [3.8, 4) is 0 Å². The molecule has 0 aromatic heterocycles. The average molecular weight is 270 g/mol. The Hall–Kier alpha value is -1.63. The summed E-state index contributed by atoms with van der Waals surface area (Å²) >= 11 is 0. The van der Waals surface area contributed by atoms with E-state index in [1.165, 1.54) is 0 Å². The van der Waals surface area contributed by atoms with E-state index >= 15 is 0 Å². The third kappa shape index (κ3) is 2.86. The molecule has 2 amide bonds. The number of rotatable bonds is 4. The molecule has 3 N–H and O–H groups in total. The standard InChI is InChI=1S/C12H18N2O5/c1-2-6-3-7(8(4-6)12(17)18)10(15)13-9-5-19-14-11(9)16/h6-9H,2-5H2,1H3,(H,13,15)(H,14,16)(H,17,18)/t6?,7-,8+,9+/m0/s1. The Bertz CT molecular complexity index is 398. The van der Waals surface area contributed by atoms with Crippen LogP contribution in [0.25, 0.3) is 0 Å². The summed E-state index contributed by atoms with van der Waals surface area (Å²) in [5, 5.41) is 11.7. The summed E-state index contributed by atoms with van der Waals surface area (Å²) in [4.78, 5) is 39.3. The molecule has 1 saturated heterocycles. The third-order valence-electron chi connectivity index (χ3n) is 3.95. The molecule has 0 aromatic carbocycles. The normalized spacial score (nSPS) is 34.1. The number of hydrogen-bond donors (Lipinski definition) is 3. The molecule has 1 aliphatic heterocycles. The number of carbonyl (C=O) groups excluding carboxylic acids is 2. The van der Waals surface area contributed by atoms with E-state index in [-0.39, 0.29) is 18.4 Å². The molecule has 0 aromatic rings. The van der Waals surface area contributed by atoms with Crippen LogP contribution in [-0.4, -0.2) is 35.5 Å². The number of nitrogens with one attached hydrogen (secondary N) is 2. The molecular formula is C12H18N2O5. The van der Waals surface area contributed by atoms with Crippen LogP contribution < -0.4 is 10.8 Å². The summed E-state index contributed by atoms with van der Waals surface area (Å²) < 4.78 is 0. The molecule has 0 spiro atoms. The number of hydroxylamine groups is 1. The third-order valence-corrected chi connectivity index (χ3v) is 3.95. The summed E-state index contributed by atoms with van der Waals surface area (Å²) in [6.07, 6.45) is 1.95. The van der Waals surface area contributed by atoms with Gasteiger partial charge in [-0.05, 0) is 18.8 Å². The van der Waals surface area contributed by atoms with Gasteiger partial charge in [-0.1, -0.05) is 13.3 Å². The van der Waals surface area contributed by atoms with Gasteiger partial charge in [-0.2, -0.15) is 0 Å². The molecule has 19 heavy (non-hydrogen) atoms. The molecule has 2 rings (SSSR count). The van der Waals surface area contributed by atoms with Gasteiger partial charge in [0.1, 0.15) is 12.6 Å². The first-order chi connectivity index (χ1) is 9.02. The molecular weight excluding hydrogens is 252 g/mol. The fourth-order valence-corrected chi connectivity index (χ4v) is 2.77. The van der Waals surface area contributed by atoms with E-state index in [0.717, 1.165) is 6.42 Å². The first-order valence-corrected chi connectivity index (χ1v) is 6.47. The zero-order valence-electron chi connectivity index (χ0n) is 10.7. The summed E-state index contributed by atoms with van der Waals surface area (Å²) in [7, 11) is 0. The smallest absolute Gasteiger partial charge is 0.307 e. The molecule has 1 unspecified atom stereocenters. The van der Waals surface area contributed by atoms with Crippen LogP contribution in [0, 0.1) is 17.8 Å². The van der Waals surface area contributed by atoms with E-state index in [9.17, 15) is 19.5 Å². The highest BCUT2D eigenvalue weighted by atomic mass is 16.7. The van der Waals surface area contributed by atoms with E-state index in [2.05, 4.69) is 10.8 Å². The van der Waals surface area contributed by atoms with E-state index in [0.29, 0.717) is 12.8 Å². The van der Waals surface area contributed by atoms with Crippen LogP contribution in [0.1, 0.15) is 26.2 Å². The number of carboxylic acid groups (broad SMARTS) is 1. The highest BCUT2D eigenvalue weighted by Crippen LogP contribution is 2.38. The maximum absolute atomic E-state index is 12.1. The van der Waals surface area contributed by atoms with Gasteiger partial charge >= 0.3 is 5.97 Å². The van der Waals surface area contributed by atoms with Gasteiger partial charge < -0.3 is 10.4 Å². The lowest BCUT2D eigenvalue weighted by molar-refractivity contribution is -0.146. The predicted molar refractivity (Wildman–Crippen MR) is 63.7 cm³/mol. The van der Waals surface area contributed by atoms with Crippen molar-refractivity contribution in [1.29, 1.82) is 0 Å². The van der Waals surface area contributed by atoms with Crippen molar-refractivity contribution >= 4 is 17.8 Å². The number of hydrogen-bond acceptors (Lipinski definition) is 4. The molecule has 1 saturated carbocycles. The van der Waals surface area contributed by atoms with Gasteiger partial charge in [0, 0.05) is 0 Å². The van der Waals surface area contributed by atoms with E-state index in [1.54, 1.807) is 0 Å². The Morgan fingerprint density at radius 3 is 2.63 bits per heavy atom. The quantitative estimate of drug-likeness (QED) is 0.648. The van der Waals surface area contributed by atoms with Crippen LogP contribution in [0.3, 0.4) is 0 Å². The molecule has 7 heteroatoms. The van der Waals surface area contributed by atoms with Crippen molar-refractivity contribution in [1.82, 2.24) is 10.8 Å². The van der Waals surface area contributed by atoms with Gasteiger partial charge in [-0.3, -0.25) is 19.2 Å². The Morgan fingerprint density at radius 1 is 1.42 bits per heavy atom. The van der Waals surface area contributed by atoms with E-state index in [1.807, 2.05) is 6.92 Å². The second kappa shape index (κ2) is 5.56. The molecule has 7 nitrogen and oxygen atoms in total. The highest BCUT2D eigenvalue weighted by Gasteiger charge is 2.43. The second-order valence-electron chi connectivity index (χ2n) is 5.14. The van der Waals surface area contributed by atoms with Crippen molar-refractivity contribution in [2.24, 2.45) is 17.8 Å². The zero-order valence-corrected chi connectivity index (χ0v) is 10.7. The number of amides is 2. The molecule has 2 aliphatic rings. The maximum atomic E-state index is 12.1. The largest absolute Gasteiger partial charge is 0.481 e. The number of carbonyl (C=O) groups is 3. The fourth-order valence-electron chi connectivity index (χ4n) is 2.77. The van der Waals surface area contributed by atoms with E-state index < -0.39 is 29.8 Å². The first kappa shape index (κ1) is 13.8. The Balaban J connectivity index is 2.00. The topological polar surface area (TPSA) is 105 Å². The minimum atomic E-state index is -0.941. The number of aliphatic carboxylic acids is 1. The first-order valence-electron chi connectivity index (χ1n) is 6.47. The molecule has 106 valence electrons. The van der Waals surface area contributed by atoms with Crippen molar-refractivity contribution in [3.63, 3.8) is 0 Å². The van der Waals surface area contributed by atoms with Crippen LogP contribution in [0.4, 0.5) is 0 Å². The molecule has 0 radical (unpaired) electrons. The molecule has 2 fully saturated rings. The van der Waals surface area contributed by atoms with Crippen molar-refractivity contribution < 1.29 is 24.3 Å². The Morgan fingerprint density at radius 2 is 2.11 bits per heavy atom. The summed E-state index contributed by atoms with van der Waals surface area (Å²) in [6.45, 7) is 2.06. The summed E-state index contributed by atoms with van der Waals surface area (Å²) in [6, 6.07) is -0.720. The van der Waals surface area contributed by atoms with Crippen LogP contribution >= 0.6 is 0 Å². The fraction of sp³-hybridized carbons (Fsp3) is 0.750. The summed E-state index contributed by atoms with van der Waals surface area (Å²) in [5.41, 5.74) is 2.15. The zero-order chi connectivity index (χ0) is 14.0. The van der Waals surface area contributed by atoms with Gasteiger partial charge in [-0.15, -0.1) is 0 Å². The second-order valence-corrected chi connectivity index (χ2v) is 5.14. The van der Waals surface area contributed by atoms with Crippen molar-refractivity contribution in [2.75, 3.05) is 6.61 Å². The SMILES string of the molecule is CCC1C[C@H](C(=O)N[C@@H]2CONC2=O)[C@H](C(=O)O)C1. The van der Waals surface area contributed by atoms with Crippen molar-refractivity contribution in [3.05, 3.63) is 0 Å². The van der Waals surface area contributed by atoms with Crippen molar-refractivity contribution in [2.45, 2.75) is 32.2 Å². The van der Waals surface area contributed by atoms with Gasteiger partial charge in [0.05, 0.1) is 11.8 Å². The molecule has 4 atom stereocenters. The van der Waals surface area contributed by atoms with Crippen LogP contribution in [0.2, 0.25) is 0 Å². The maximum Gasteiger partial charge on any atom is 0.307 e. The Labute approximate surface area is 110 Å². The monoisotopic (exact) mass is 270 g/mol. The minimum Gasteiger partial charge on any atom is -0.481 e. The van der Waals surface area contributed by atoms with Gasteiger partial charge in [0.2, 0.25) is 5.91 Å². The van der Waals surface area contributed by atoms with Crippen LogP contribution in [0.15, 0.2) is 0 Å². The molecule has 0 bridgehead atoms. The predicted octanol–water partition coefficient (Wildman–Crippen LogP) is -0.330. The summed E-state index contributed by atoms with van der Waals surface area (Å²) in [5.74, 6) is -2.67. The Kier molecular flexibility index (Phi) is 4.04. The van der Waals surface area contributed by atoms with Gasteiger partial charge in [0.25, 0.3) is 5.91 Å². The minimum absolute atomic E-state index is 0.0756. The average Bonchev–Trinajstić information content (AvgIpc) is 2.96. The van der Waals surface area contributed by atoms with E-state index in [4.69, 9.17) is 4.84 Å².